The fraction of sp³-hybridized carbons (Fsp3) is 0.500. The second kappa shape index (κ2) is 15.6. The fourth-order valence-corrected chi connectivity index (χ4v) is 5.22. The number of carboxylic acid groups (broad SMARTS) is 1. The largest absolute Gasteiger partial charge is 0.480 e. The van der Waals surface area contributed by atoms with E-state index in [1.165, 1.54) is 6.92 Å². The molecule has 0 radical (unpaired) electrons. The van der Waals surface area contributed by atoms with E-state index in [4.69, 9.17) is 21.3 Å². The maximum absolute atomic E-state index is 13.0. The Morgan fingerprint density at radius 2 is 1.84 bits per heavy atom. The van der Waals surface area contributed by atoms with Crippen molar-refractivity contribution in [3.63, 3.8) is 0 Å². The second-order valence-corrected chi connectivity index (χ2v) is 11.2. The van der Waals surface area contributed by atoms with Gasteiger partial charge in [-0.2, -0.15) is 0 Å². The summed E-state index contributed by atoms with van der Waals surface area (Å²) in [6, 6.07) is 0.825. The number of nitrogens with one attached hydrogen (secondary N) is 5. The number of amides is 3. The van der Waals surface area contributed by atoms with Crippen molar-refractivity contribution >= 4 is 40.5 Å². The third-order valence-electron chi connectivity index (χ3n) is 7.76. The van der Waals surface area contributed by atoms with Crippen LogP contribution in [0.5, 0.6) is 0 Å². The van der Waals surface area contributed by atoms with E-state index in [-0.39, 0.29) is 37.4 Å². The Bertz CT molecular complexity index is 1450. The number of aliphatic hydroxyl groups is 2. The van der Waals surface area contributed by atoms with E-state index in [1.54, 1.807) is 25.1 Å². The number of carboxylic acids is 1. The summed E-state index contributed by atoms with van der Waals surface area (Å²) in [5.41, 5.74) is 14.0. The molecule has 246 valence electrons. The molecule has 12 N–H and O–H groups in total. The number of hydrogen-bond donors (Lipinski definition) is 10. The molecule has 2 aromatic rings. The fourth-order valence-electron chi connectivity index (χ4n) is 5.22. The van der Waals surface area contributed by atoms with Crippen LogP contribution in [0.4, 0.5) is 0 Å². The zero-order valence-electron chi connectivity index (χ0n) is 25.6. The number of amidine groups is 1. The first-order valence-electron chi connectivity index (χ1n) is 14.7. The molecule has 3 amide bonds. The van der Waals surface area contributed by atoms with Gasteiger partial charge in [0.05, 0.1) is 12.1 Å². The Morgan fingerprint density at radius 1 is 1.13 bits per heavy atom. The lowest BCUT2D eigenvalue weighted by Gasteiger charge is -2.24. The zero-order chi connectivity index (χ0) is 33.4. The van der Waals surface area contributed by atoms with Crippen LogP contribution >= 0.6 is 0 Å². The number of carbonyl (C=O) groups excluding carboxylic acids is 3. The Balaban J connectivity index is 1.54. The van der Waals surface area contributed by atoms with Crippen molar-refractivity contribution in [2.24, 2.45) is 11.5 Å². The lowest BCUT2D eigenvalue weighted by atomic mass is 9.99. The van der Waals surface area contributed by atoms with Crippen LogP contribution in [-0.4, -0.2) is 88.2 Å². The first-order valence-corrected chi connectivity index (χ1v) is 14.7. The molecule has 6 atom stereocenters. The van der Waals surface area contributed by atoms with Gasteiger partial charge in [0.1, 0.15) is 35.4 Å². The number of aryl methyl sites for hydroxylation is 2. The van der Waals surface area contributed by atoms with Crippen LogP contribution in [-0.2, 0) is 19.2 Å². The van der Waals surface area contributed by atoms with Gasteiger partial charge in [-0.1, -0.05) is 18.2 Å². The first-order chi connectivity index (χ1) is 21.2. The van der Waals surface area contributed by atoms with Gasteiger partial charge in [-0.25, -0.2) is 4.79 Å². The summed E-state index contributed by atoms with van der Waals surface area (Å²) < 4.78 is 5.74. The normalized spacial score (nSPS) is 17.9. The summed E-state index contributed by atoms with van der Waals surface area (Å²) >= 11 is 0. The third kappa shape index (κ3) is 8.88. The molecule has 0 saturated heterocycles. The smallest absolute Gasteiger partial charge is 0.329 e. The van der Waals surface area contributed by atoms with Crippen molar-refractivity contribution in [2.75, 3.05) is 13.1 Å². The van der Waals surface area contributed by atoms with Gasteiger partial charge >= 0.3 is 5.97 Å². The lowest BCUT2D eigenvalue weighted by molar-refractivity contribution is -0.145. The minimum absolute atomic E-state index is 0.0485. The highest BCUT2D eigenvalue weighted by Crippen LogP contribution is 2.33. The van der Waals surface area contributed by atoms with Gasteiger partial charge in [0.15, 0.2) is 6.04 Å². The number of benzene rings is 1. The predicted molar refractivity (Wildman–Crippen MR) is 165 cm³/mol. The number of unbranched alkanes of at least 4 members (excludes halogenated alkanes) is 1. The van der Waals surface area contributed by atoms with Crippen LogP contribution in [0.2, 0.25) is 0 Å². The van der Waals surface area contributed by atoms with E-state index in [9.17, 15) is 34.5 Å². The number of aliphatic carboxylic acids is 1. The summed E-state index contributed by atoms with van der Waals surface area (Å²) in [7, 11) is 0. The molecule has 0 spiro atoms. The molecule has 15 heteroatoms. The Morgan fingerprint density at radius 3 is 2.47 bits per heavy atom. The highest BCUT2D eigenvalue weighted by atomic mass is 16.4. The van der Waals surface area contributed by atoms with E-state index >= 15 is 0 Å². The molecule has 0 bridgehead atoms. The molecular formula is C30H43N7O8. The Hall–Kier alpha value is -4.31. The Kier molecular flexibility index (Phi) is 12.2. The number of carbonyl (C=O) groups is 4. The summed E-state index contributed by atoms with van der Waals surface area (Å²) in [4.78, 5) is 50.1. The number of nitrogens with two attached hydrogens (primary N) is 2. The van der Waals surface area contributed by atoms with Gasteiger partial charge in [-0.3, -0.25) is 19.8 Å². The van der Waals surface area contributed by atoms with Crippen molar-refractivity contribution in [3.8, 4) is 0 Å². The van der Waals surface area contributed by atoms with Gasteiger partial charge < -0.3 is 52.5 Å². The SMILES string of the molecule is Cc1cccc2oc(C(O)C(NC(=O)CCCCNC(=O)C(CC3=CCNC3C(=N)N)NC(=O)C(N)C(C)O)C(=O)O)c(C)c12. The quantitative estimate of drug-likeness (QED) is 0.0483. The van der Waals surface area contributed by atoms with Crippen molar-refractivity contribution in [3.05, 3.63) is 46.7 Å². The van der Waals surface area contributed by atoms with Gasteiger partial charge in [-0.05, 0) is 57.2 Å². The molecule has 0 aliphatic carbocycles. The molecule has 2 heterocycles. The monoisotopic (exact) mass is 629 g/mol. The minimum atomic E-state index is -1.65. The summed E-state index contributed by atoms with van der Waals surface area (Å²) in [5.74, 6) is -3.37. The second-order valence-electron chi connectivity index (χ2n) is 11.2. The maximum atomic E-state index is 13.0. The average molecular weight is 630 g/mol. The van der Waals surface area contributed by atoms with E-state index in [0.717, 1.165) is 10.9 Å². The van der Waals surface area contributed by atoms with E-state index in [2.05, 4.69) is 21.3 Å². The Labute approximate surface area is 260 Å². The summed E-state index contributed by atoms with van der Waals surface area (Å²) in [6.07, 6.45) is -0.396. The molecule has 1 aliphatic heterocycles. The van der Waals surface area contributed by atoms with Crippen molar-refractivity contribution < 1.29 is 38.9 Å². The average Bonchev–Trinajstić information content (AvgIpc) is 3.59. The van der Waals surface area contributed by atoms with Gasteiger partial charge in [-0.15, -0.1) is 0 Å². The van der Waals surface area contributed by atoms with Crippen LogP contribution in [0.15, 0.2) is 34.3 Å². The minimum Gasteiger partial charge on any atom is -0.480 e. The number of rotatable bonds is 16. The van der Waals surface area contributed by atoms with Crippen LogP contribution in [0.3, 0.4) is 0 Å². The molecule has 1 aromatic carbocycles. The molecule has 45 heavy (non-hydrogen) atoms. The van der Waals surface area contributed by atoms with Crippen LogP contribution < -0.4 is 32.7 Å². The topological polar surface area (TPSA) is 266 Å². The van der Waals surface area contributed by atoms with Crippen LogP contribution in [0, 0.1) is 19.3 Å². The predicted octanol–water partition coefficient (Wildman–Crippen LogP) is -0.644. The van der Waals surface area contributed by atoms with E-state index < -0.39 is 60.1 Å². The molecule has 6 unspecified atom stereocenters. The summed E-state index contributed by atoms with van der Waals surface area (Å²) in [6.45, 7) is 5.51. The van der Waals surface area contributed by atoms with Crippen molar-refractivity contribution in [2.45, 2.75) is 82.8 Å². The standard InChI is InChI=1S/C30H43N7O8/c1-14-7-6-8-19-21(14)15(2)26(45-19)25(40)24(30(43)44)37-20(39)9-4-5-11-35-28(41)18(36-29(42)22(31)16(3)38)13-17-10-12-34-23(17)27(32)33/h6-8,10,16,18,22-25,34,38,40H,4-5,9,11-13,31H2,1-3H3,(H3,32,33)(H,35,41)(H,36,42)(H,37,39)(H,43,44). The maximum Gasteiger partial charge on any atom is 0.329 e. The molecule has 15 nitrogen and oxygen atoms in total. The number of furan rings is 1. The summed E-state index contributed by atoms with van der Waals surface area (Å²) in [5, 5.41) is 49.4. The number of fused-ring (bicyclic) bond motifs is 1. The van der Waals surface area contributed by atoms with Crippen LogP contribution in [0.1, 0.15) is 55.6 Å². The lowest BCUT2D eigenvalue weighted by Crippen LogP contribution is -2.55. The first kappa shape index (κ1) is 35.2. The van der Waals surface area contributed by atoms with E-state index in [1.807, 2.05) is 13.0 Å². The van der Waals surface area contributed by atoms with Crippen molar-refractivity contribution in [1.82, 2.24) is 21.3 Å². The molecular weight excluding hydrogens is 586 g/mol. The van der Waals surface area contributed by atoms with Crippen LogP contribution in [0.25, 0.3) is 11.0 Å². The number of hydrogen-bond acceptors (Lipinski definition) is 10. The van der Waals surface area contributed by atoms with E-state index in [0.29, 0.717) is 29.7 Å². The van der Waals surface area contributed by atoms with Gasteiger partial charge in [0.25, 0.3) is 0 Å². The highest BCUT2D eigenvalue weighted by Gasteiger charge is 2.34. The zero-order valence-corrected chi connectivity index (χ0v) is 25.6. The molecule has 1 aliphatic rings. The van der Waals surface area contributed by atoms with Gasteiger partial charge in [0.2, 0.25) is 17.7 Å². The molecule has 3 rings (SSSR count). The van der Waals surface area contributed by atoms with Gasteiger partial charge in [0, 0.05) is 30.5 Å². The molecule has 0 fully saturated rings. The third-order valence-corrected chi connectivity index (χ3v) is 7.76. The molecule has 1 aromatic heterocycles. The van der Waals surface area contributed by atoms with Crippen molar-refractivity contribution in [1.29, 1.82) is 5.41 Å². The number of aliphatic hydroxyl groups excluding tert-OH is 2. The highest BCUT2D eigenvalue weighted by molar-refractivity contribution is 5.91. The molecule has 0 saturated carbocycles.